The molecule has 2 nitrogen and oxygen atoms in total. The molecule has 0 amide bonds. The maximum absolute atomic E-state index is 7.51. The smallest absolute Gasteiger partial charge is 0.0594 e. The highest BCUT2D eigenvalue weighted by atomic mass is 35.5. The lowest BCUT2D eigenvalue weighted by Crippen LogP contribution is -2.37. The molecule has 0 N–H and O–H groups in total. The molecule has 1 saturated heterocycles. The molecule has 3 heteroatoms. The number of morpholine rings is 1. The molecule has 0 aromatic rings. The zero-order chi connectivity index (χ0) is 10.1. The van der Waals surface area contributed by atoms with Crippen LogP contribution in [-0.2, 0) is 4.74 Å². The van der Waals surface area contributed by atoms with Crippen LogP contribution < -0.4 is 0 Å². The maximum atomic E-state index is 7.51. The lowest BCUT2D eigenvalue weighted by molar-refractivity contribution is 0.0408. The van der Waals surface area contributed by atoms with Crippen molar-refractivity contribution in [3.63, 3.8) is 0 Å². The Bertz CT molecular complexity index is 173. The normalized spacial score (nSPS) is 40.1. The van der Waals surface area contributed by atoms with E-state index in [1.54, 1.807) is 0 Å². The molecule has 0 aromatic heterocycles. The van der Waals surface area contributed by atoms with Crippen LogP contribution in [0.4, 0.5) is 0 Å². The van der Waals surface area contributed by atoms with Gasteiger partial charge in [-0.15, -0.1) is 11.6 Å². The standard InChI is InChI=1S/C6H12ClNO/c7-1-2-8-3-5-9-6-4-8/h1-6H2/i3D2,4D2. The van der Waals surface area contributed by atoms with Gasteiger partial charge in [0.15, 0.2) is 0 Å². The van der Waals surface area contributed by atoms with Crippen LogP contribution in [0.25, 0.3) is 0 Å². The van der Waals surface area contributed by atoms with Crippen LogP contribution in [0.15, 0.2) is 0 Å². The Balaban J connectivity index is 2.78. The van der Waals surface area contributed by atoms with Gasteiger partial charge in [-0.25, -0.2) is 0 Å². The Morgan fingerprint density at radius 3 is 2.78 bits per heavy atom. The predicted octanol–water partition coefficient (Wildman–Crippen LogP) is 0.557. The van der Waals surface area contributed by atoms with Crippen LogP contribution in [-0.4, -0.2) is 43.5 Å². The summed E-state index contributed by atoms with van der Waals surface area (Å²) in [4.78, 5) is 1.11. The topological polar surface area (TPSA) is 12.5 Å². The van der Waals surface area contributed by atoms with E-state index in [9.17, 15) is 0 Å². The van der Waals surface area contributed by atoms with E-state index < -0.39 is 13.0 Å². The van der Waals surface area contributed by atoms with Crippen LogP contribution in [0.5, 0.6) is 0 Å². The van der Waals surface area contributed by atoms with E-state index in [4.69, 9.17) is 21.8 Å². The Labute approximate surface area is 66.4 Å². The Morgan fingerprint density at radius 1 is 1.56 bits per heavy atom. The summed E-state index contributed by atoms with van der Waals surface area (Å²) in [6.07, 6.45) is 0. The fraction of sp³-hybridized carbons (Fsp3) is 1.00. The van der Waals surface area contributed by atoms with Crippen molar-refractivity contribution < 1.29 is 10.2 Å². The van der Waals surface area contributed by atoms with E-state index in [0.29, 0.717) is 0 Å². The van der Waals surface area contributed by atoms with Gasteiger partial charge < -0.3 is 4.74 Å². The Hall–Kier alpha value is 0.210. The fourth-order valence-electron chi connectivity index (χ4n) is 0.597. The second-order valence-corrected chi connectivity index (χ2v) is 2.03. The van der Waals surface area contributed by atoms with E-state index in [1.807, 2.05) is 0 Å². The van der Waals surface area contributed by atoms with E-state index >= 15 is 0 Å². The van der Waals surface area contributed by atoms with Crippen molar-refractivity contribution in [3.05, 3.63) is 0 Å². The summed E-state index contributed by atoms with van der Waals surface area (Å²) < 4.78 is 34.9. The first-order valence-corrected chi connectivity index (χ1v) is 3.35. The zero-order valence-electron chi connectivity index (χ0n) is 9.06. The molecular formula is C6H12ClNO. The van der Waals surface area contributed by atoms with Crippen LogP contribution in [0.3, 0.4) is 0 Å². The summed E-state index contributed by atoms with van der Waals surface area (Å²) in [6.45, 7) is -3.56. The molecule has 1 fully saturated rings. The Kier molecular flexibility index (Phi) is 1.62. The van der Waals surface area contributed by atoms with Gasteiger partial charge in [-0.3, -0.25) is 4.90 Å². The molecular weight excluding hydrogens is 138 g/mol. The number of hydrogen-bond acceptors (Lipinski definition) is 2. The van der Waals surface area contributed by atoms with Gasteiger partial charge in [-0.05, 0) is 0 Å². The first-order chi connectivity index (χ1) is 5.90. The van der Waals surface area contributed by atoms with Gasteiger partial charge in [0.25, 0.3) is 0 Å². The summed E-state index contributed by atoms with van der Waals surface area (Å²) in [5.41, 5.74) is 0. The van der Waals surface area contributed by atoms with Crippen LogP contribution in [0, 0.1) is 0 Å². The molecule has 0 atom stereocenters. The summed E-state index contributed by atoms with van der Waals surface area (Å²) in [5, 5.41) is 0. The number of rotatable bonds is 2. The van der Waals surface area contributed by atoms with Crippen molar-refractivity contribution in [3.8, 4) is 0 Å². The molecule has 54 valence electrons. The summed E-state index contributed by atoms with van der Waals surface area (Å²) in [5.74, 6) is 0.207. The van der Waals surface area contributed by atoms with Gasteiger partial charge in [0, 0.05) is 30.9 Å². The lowest BCUT2D eigenvalue weighted by atomic mass is 10.4. The van der Waals surface area contributed by atoms with Crippen molar-refractivity contribution in [1.82, 2.24) is 4.90 Å². The van der Waals surface area contributed by atoms with Gasteiger partial charge in [-0.1, -0.05) is 0 Å². The molecule has 9 heavy (non-hydrogen) atoms. The number of nitrogens with zero attached hydrogens (tertiary/aromatic N) is 1. The molecule has 1 rings (SSSR count). The monoisotopic (exact) mass is 153 g/mol. The summed E-state index contributed by atoms with van der Waals surface area (Å²) >= 11 is 5.47. The number of hydrogen-bond donors (Lipinski definition) is 0. The van der Waals surface area contributed by atoms with Crippen molar-refractivity contribution in [2.24, 2.45) is 0 Å². The fourth-order valence-corrected chi connectivity index (χ4v) is 0.766. The molecule has 1 heterocycles. The van der Waals surface area contributed by atoms with Crippen molar-refractivity contribution >= 4 is 11.6 Å². The third-order valence-electron chi connectivity index (χ3n) is 1.02. The minimum absolute atomic E-state index is 0.108. The molecule has 1 aliphatic heterocycles. The predicted molar refractivity (Wildman–Crippen MR) is 38.0 cm³/mol. The van der Waals surface area contributed by atoms with E-state index in [1.165, 1.54) is 0 Å². The third kappa shape index (κ3) is 2.52. The average molecular weight is 154 g/mol. The number of alkyl halides is 1. The first kappa shape index (κ1) is 3.56. The molecule has 0 radical (unpaired) electrons. The minimum atomic E-state index is -1.77. The van der Waals surface area contributed by atoms with Crippen molar-refractivity contribution in [2.45, 2.75) is 0 Å². The van der Waals surface area contributed by atoms with Gasteiger partial charge in [0.05, 0.1) is 13.2 Å². The molecule has 0 unspecified atom stereocenters. The van der Waals surface area contributed by atoms with Crippen LogP contribution >= 0.6 is 11.6 Å². The number of halogens is 1. The lowest BCUT2D eigenvalue weighted by Gasteiger charge is -2.25. The van der Waals surface area contributed by atoms with Crippen molar-refractivity contribution in [1.29, 1.82) is 0 Å². The second kappa shape index (κ2) is 4.09. The third-order valence-corrected chi connectivity index (χ3v) is 1.19. The Morgan fingerprint density at radius 2 is 2.22 bits per heavy atom. The van der Waals surface area contributed by atoms with Crippen LogP contribution in [0.2, 0.25) is 0 Å². The van der Waals surface area contributed by atoms with Gasteiger partial charge >= 0.3 is 0 Å². The SMILES string of the molecule is [2H]C1([2H])COCC([2H])([2H])N1CCCl. The highest BCUT2D eigenvalue weighted by Gasteiger charge is 2.07. The van der Waals surface area contributed by atoms with Gasteiger partial charge in [-0.2, -0.15) is 0 Å². The highest BCUT2D eigenvalue weighted by Crippen LogP contribution is 1.95. The molecule has 0 spiro atoms. The number of ether oxygens (including phenoxy) is 1. The van der Waals surface area contributed by atoms with Crippen molar-refractivity contribution in [2.75, 3.05) is 38.6 Å². The largest absolute Gasteiger partial charge is 0.379 e. The van der Waals surface area contributed by atoms with E-state index in [2.05, 4.69) is 0 Å². The second-order valence-electron chi connectivity index (χ2n) is 1.65. The van der Waals surface area contributed by atoms with E-state index in [-0.39, 0.29) is 25.6 Å². The van der Waals surface area contributed by atoms with E-state index in [0.717, 1.165) is 4.90 Å². The summed E-state index contributed by atoms with van der Waals surface area (Å²) in [6, 6.07) is 0. The maximum Gasteiger partial charge on any atom is 0.0594 e. The highest BCUT2D eigenvalue weighted by molar-refractivity contribution is 6.18. The quantitative estimate of drug-likeness (QED) is 0.538. The summed E-state index contributed by atoms with van der Waals surface area (Å²) in [7, 11) is 0. The molecule has 0 bridgehead atoms. The van der Waals surface area contributed by atoms with Crippen LogP contribution in [0.1, 0.15) is 5.48 Å². The van der Waals surface area contributed by atoms with Gasteiger partial charge in [0.2, 0.25) is 0 Å². The minimum Gasteiger partial charge on any atom is -0.379 e. The molecule has 0 aliphatic carbocycles. The average Bonchev–Trinajstić information content (AvgIpc) is 1.96. The van der Waals surface area contributed by atoms with Gasteiger partial charge in [0.1, 0.15) is 0 Å². The molecule has 1 aliphatic rings. The zero-order valence-corrected chi connectivity index (χ0v) is 5.82. The molecule has 0 aromatic carbocycles. The first-order valence-electron chi connectivity index (χ1n) is 4.82. The molecule has 0 saturated carbocycles.